The summed E-state index contributed by atoms with van der Waals surface area (Å²) in [4.78, 5) is 27.4. The number of benzene rings is 2. The van der Waals surface area contributed by atoms with Crippen LogP contribution in [0.2, 0.25) is 0 Å². The van der Waals surface area contributed by atoms with E-state index in [0.717, 1.165) is 5.56 Å². The Morgan fingerprint density at radius 3 is 2.32 bits per heavy atom. The molecule has 2 atom stereocenters. The van der Waals surface area contributed by atoms with E-state index in [0.29, 0.717) is 11.1 Å². The van der Waals surface area contributed by atoms with E-state index in [1.165, 1.54) is 35.2 Å². The molecule has 1 aliphatic heterocycles. The van der Waals surface area contributed by atoms with Crippen molar-refractivity contribution in [3.8, 4) is 0 Å². The van der Waals surface area contributed by atoms with Crippen molar-refractivity contribution in [2.75, 3.05) is 6.54 Å². The monoisotopic (exact) mass is 386 g/mol. The van der Waals surface area contributed by atoms with Gasteiger partial charge in [0, 0.05) is 17.6 Å². The lowest BCUT2D eigenvalue weighted by molar-refractivity contribution is -0.127. The van der Waals surface area contributed by atoms with Crippen LogP contribution in [0.4, 0.5) is 8.78 Å². The summed E-state index contributed by atoms with van der Waals surface area (Å²) in [5.41, 5.74) is 1.07. The first-order valence-corrected chi connectivity index (χ1v) is 9.25. The van der Waals surface area contributed by atoms with Crippen molar-refractivity contribution >= 4 is 11.8 Å². The molecule has 0 bridgehead atoms. The number of nitrogens with one attached hydrogen (secondary N) is 1. The molecule has 2 aromatic rings. The van der Waals surface area contributed by atoms with Gasteiger partial charge >= 0.3 is 0 Å². The van der Waals surface area contributed by atoms with Gasteiger partial charge in [0.1, 0.15) is 17.7 Å². The molecule has 0 aromatic heterocycles. The third-order valence-electron chi connectivity index (χ3n) is 4.77. The van der Waals surface area contributed by atoms with E-state index in [-0.39, 0.29) is 30.1 Å². The van der Waals surface area contributed by atoms with Gasteiger partial charge in [0.05, 0.1) is 0 Å². The minimum atomic E-state index is -0.902. The first kappa shape index (κ1) is 20.0. The molecule has 1 N–H and O–H groups in total. The topological polar surface area (TPSA) is 49.4 Å². The summed E-state index contributed by atoms with van der Waals surface area (Å²) >= 11 is 0. The number of amides is 2. The Labute approximate surface area is 163 Å². The molecule has 6 heteroatoms. The Balaban J connectivity index is 1.94. The van der Waals surface area contributed by atoms with Crippen molar-refractivity contribution in [1.29, 1.82) is 0 Å². The molecule has 1 aliphatic rings. The maximum atomic E-state index is 13.9. The maximum absolute atomic E-state index is 13.9. The second kappa shape index (κ2) is 7.34. The van der Waals surface area contributed by atoms with Crippen molar-refractivity contribution in [1.82, 2.24) is 10.2 Å². The molecule has 28 heavy (non-hydrogen) atoms. The lowest BCUT2D eigenvalue weighted by Crippen LogP contribution is -2.47. The van der Waals surface area contributed by atoms with Crippen LogP contribution < -0.4 is 5.32 Å². The van der Waals surface area contributed by atoms with Gasteiger partial charge in [0.2, 0.25) is 5.91 Å². The number of hydrogen-bond acceptors (Lipinski definition) is 2. The summed E-state index contributed by atoms with van der Waals surface area (Å²) in [5.74, 6) is -1.62. The van der Waals surface area contributed by atoms with Crippen molar-refractivity contribution in [2.45, 2.75) is 45.2 Å². The molecule has 2 aromatic carbocycles. The number of rotatable bonds is 4. The van der Waals surface area contributed by atoms with Gasteiger partial charge < -0.3 is 10.2 Å². The molecule has 2 amide bonds. The fourth-order valence-corrected chi connectivity index (χ4v) is 3.50. The van der Waals surface area contributed by atoms with Crippen LogP contribution in [0.1, 0.15) is 61.1 Å². The van der Waals surface area contributed by atoms with Crippen LogP contribution in [0.15, 0.2) is 42.5 Å². The summed E-state index contributed by atoms with van der Waals surface area (Å²) < 4.78 is 27.1. The second-order valence-electron chi connectivity index (χ2n) is 8.28. The Morgan fingerprint density at radius 2 is 1.71 bits per heavy atom. The molecule has 4 nitrogen and oxygen atoms in total. The summed E-state index contributed by atoms with van der Waals surface area (Å²) in [7, 11) is 0. The van der Waals surface area contributed by atoms with Gasteiger partial charge in [-0.05, 0) is 68.1 Å². The lowest BCUT2D eigenvalue weighted by Gasteiger charge is -2.30. The number of carbonyl (C=O) groups excluding carboxylic acids is 2. The Kier molecular flexibility index (Phi) is 5.24. The van der Waals surface area contributed by atoms with Crippen LogP contribution >= 0.6 is 0 Å². The Bertz CT molecular complexity index is 904. The van der Waals surface area contributed by atoms with Gasteiger partial charge in [-0.2, -0.15) is 0 Å². The van der Waals surface area contributed by atoms with Crippen LogP contribution in [0, 0.1) is 11.6 Å². The highest BCUT2D eigenvalue weighted by atomic mass is 19.1. The van der Waals surface area contributed by atoms with Crippen molar-refractivity contribution in [2.24, 2.45) is 0 Å². The van der Waals surface area contributed by atoms with E-state index >= 15 is 0 Å². The lowest BCUT2D eigenvalue weighted by atomic mass is 9.99. The zero-order valence-electron chi connectivity index (χ0n) is 16.4. The zero-order valence-corrected chi connectivity index (χ0v) is 16.4. The molecule has 3 rings (SSSR count). The molecular formula is C22H24F2N2O2. The van der Waals surface area contributed by atoms with Crippen LogP contribution in [-0.4, -0.2) is 28.8 Å². The number of halogens is 2. The van der Waals surface area contributed by atoms with Crippen molar-refractivity contribution in [3.63, 3.8) is 0 Å². The van der Waals surface area contributed by atoms with E-state index in [1.54, 1.807) is 12.1 Å². The van der Waals surface area contributed by atoms with Gasteiger partial charge in [-0.25, -0.2) is 8.78 Å². The highest BCUT2D eigenvalue weighted by molar-refractivity contribution is 6.04. The van der Waals surface area contributed by atoms with E-state index in [9.17, 15) is 18.4 Å². The van der Waals surface area contributed by atoms with Gasteiger partial charge in [0.15, 0.2) is 0 Å². The third-order valence-corrected chi connectivity index (χ3v) is 4.77. The van der Waals surface area contributed by atoms with E-state index in [2.05, 4.69) is 5.32 Å². The van der Waals surface area contributed by atoms with Crippen LogP contribution in [0.5, 0.6) is 0 Å². The Morgan fingerprint density at radius 1 is 1.11 bits per heavy atom. The first-order valence-electron chi connectivity index (χ1n) is 9.25. The predicted molar refractivity (Wildman–Crippen MR) is 103 cm³/mol. The average molecular weight is 386 g/mol. The molecule has 148 valence electrons. The summed E-state index contributed by atoms with van der Waals surface area (Å²) in [6, 6.07) is 9.06. The van der Waals surface area contributed by atoms with Gasteiger partial charge in [-0.15, -0.1) is 0 Å². The van der Waals surface area contributed by atoms with E-state index < -0.39 is 17.4 Å². The van der Waals surface area contributed by atoms with Gasteiger partial charge in [-0.1, -0.05) is 19.1 Å². The summed E-state index contributed by atoms with van der Waals surface area (Å²) in [6.07, 6.45) is 0. The summed E-state index contributed by atoms with van der Waals surface area (Å²) in [5, 5.41) is 2.89. The largest absolute Gasteiger partial charge is 0.349 e. The third kappa shape index (κ3) is 4.06. The molecule has 0 saturated heterocycles. The number of fused-ring (bicyclic) bond motifs is 1. The smallest absolute Gasteiger partial charge is 0.255 e. The number of carbonyl (C=O) groups is 2. The molecule has 0 radical (unpaired) electrons. The number of nitrogens with zero attached hydrogens (tertiary/aromatic N) is 1. The van der Waals surface area contributed by atoms with E-state index in [1.807, 2.05) is 27.7 Å². The molecule has 2 unspecified atom stereocenters. The highest BCUT2D eigenvalue weighted by Crippen LogP contribution is 2.36. The predicted octanol–water partition coefficient (Wildman–Crippen LogP) is 4.18. The number of hydrogen-bond donors (Lipinski definition) is 1. The van der Waals surface area contributed by atoms with E-state index in [4.69, 9.17) is 0 Å². The minimum Gasteiger partial charge on any atom is -0.349 e. The van der Waals surface area contributed by atoms with Crippen LogP contribution in [0.3, 0.4) is 0 Å². The molecular weight excluding hydrogens is 362 g/mol. The average Bonchev–Trinajstić information content (AvgIpc) is 2.85. The maximum Gasteiger partial charge on any atom is 0.255 e. The molecule has 0 spiro atoms. The van der Waals surface area contributed by atoms with Crippen LogP contribution in [0.25, 0.3) is 0 Å². The first-order chi connectivity index (χ1) is 13.1. The molecule has 1 heterocycles. The fourth-order valence-electron chi connectivity index (χ4n) is 3.50. The molecule has 0 fully saturated rings. The minimum absolute atomic E-state index is 0.131. The molecule has 0 aliphatic carbocycles. The van der Waals surface area contributed by atoms with Crippen molar-refractivity contribution < 1.29 is 18.4 Å². The standard InChI is InChI=1S/C22H24F2N2O2/c1-13(14-5-7-15(23)8-6-14)12-26-19(20(27)25-22(2,3)4)18-11-16(24)9-10-17(18)21(26)28/h5-11,13,19H,12H2,1-4H3,(H,25,27). The molecule has 0 saturated carbocycles. The quantitative estimate of drug-likeness (QED) is 0.857. The normalized spacial score (nSPS) is 17.4. The second-order valence-corrected chi connectivity index (χ2v) is 8.28. The zero-order chi connectivity index (χ0) is 20.6. The van der Waals surface area contributed by atoms with Gasteiger partial charge in [-0.3, -0.25) is 9.59 Å². The Hall–Kier alpha value is -2.76. The van der Waals surface area contributed by atoms with Crippen molar-refractivity contribution in [3.05, 3.63) is 70.8 Å². The highest BCUT2D eigenvalue weighted by Gasteiger charge is 2.42. The fraction of sp³-hybridized carbons (Fsp3) is 0.364. The van der Waals surface area contributed by atoms with Gasteiger partial charge in [0.25, 0.3) is 5.91 Å². The van der Waals surface area contributed by atoms with Crippen LogP contribution in [-0.2, 0) is 4.79 Å². The summed E-state index contributed by atoms with van der Waals surface area (Å²) in [6.45, 7) is 7.70. The SMILES string of the molecule is CC(CN1C(=O)c2ccc(F)cc2C1C(=O)NC(C)(C)C)c1ccc(F)cc1.